The van der Waals surface area contributed by atoms with Crippen LogP contribution in [0.15, 0.2) is 12.4 Å². The van der Waals surface area contributed by atoms with Crippen LogP contribution in [0.2, 0.25) is 0 Å². The highest BCUT2D eigenvalue weighted by Crippen LogP contribution is 2.14. The van der Waals surface area contributed by atoms with Crippen LogP contribution < -0.4 is 0 Å². The zero-order valence-corrected chi connectivity index (χ0v) is 12.5. The van der Waals surface area contributed by atoms with Crippen molar-refractivity contribution >= 4 is 6.09 Å². The number of ether oxygens (including phenoxy) is 2. The van der Waals surface area contributed by atoms with Crippen molar-refractivity contribution in [3.8, 4) is 0 Å². The lowest BCUT2D eigenvalue weighted by molar-refractivity contribution is -0.0421. The van der Waals surface area contributed by atoms with Crippen molar-refractivity contribution in [3.05, 3.63) is 24.0 Å². The second-order valence-corrected chi connectivity index (χ2v) is 5.94. The molecule has 1 aromatic rings. The van der Waals surface area contributed by atoms with Crippen LogP contribution in [0, 0.1) is 5.82 Å². The largest absolute Gasteiger partial charge is 0.444 e. The second-order valence-electron chi connectivity index (χ2n) is 5.94. The fourth-order valence-electron chi connectivity index (χ4n) is 1.98. The van der Waals surface area contributed by atoms with Gasteiger partial charge in [-0.15, -0.1) is 0 Å². The molecule has 0 bridgehead atoms. The Morgan fingerprint density at radius 1 is 1.48 bits per heavy atom. The van der Waals surface area contributed by atoms with Gasteiger partial charge in [-0.3, -0.25) is 0 Å². The molecule has 0 spiro atoms. The SMILES string of the molecule is CC(C)(C)OC(=O)N1CCO[C@H](Cc2ncc(F)cn2)C1. The zero-order valence-electron chi connectivity index (χ0n) is 12.5. The average Bonchev–Trinajstić information content (AvgIpc) is 2.40. The van der Waals surface area contributed by atoms with Gasteiger partial charge in [-0.25, -0.2) is 19.2 Å². The van der Waals surface area contributed by atoms with Gasteiger partial charge in [-0.2, -0.15) is 0 Å². The van der Waals surface area contributed by atoms with Crippen molar-refractivity contribution in [2.75, 3.05) is 19.7 Å². The Labute approximate surface area is 123 Å². The summed E-state index contributed by atoms with van der Waals surface area (Å²) in [5, 5.41) is 0. The standard InChI is InChI=1S/C14H20FN3O3/c1-14(2,3)21-13(19)18-4-5-20-11(9-18)6-12-16-7-10(15)8-17-12/h7-8,11H,4-6,9H2,1-3H3/t11-/m1/s1. The van der Waals surface area contributed by atoms with Crippen LogP contribution in [0.3, 0.4) is 0 Å². The summed E-state index contributed by atoms with van der Waals surface area (Å²) in [5.74, 6) is 0.0196. The van der Waals surface area contributed by atoms with E-state index >= 15 is 0 Å². The minimum absolute atomic E-state index is 0.211. The van der Waals surface area contributed by atoms with E-state index in [1.54, 1.807) is 4.90 Å². The first kappa shape index (κ1) is 15.6. The first-order valence-corrected chi connectivity index (χ1v) is 6.89. The van der Waals surface area contributed by atoms with Crippen molar-refractivity contribution < 1.29 is 18.7 Å². The van der Waals surface area contributed by atoms with E-state index in [1.165, 1.54) is 0 Å². The molecule has 1 aliphatic heterocycles. The first-order chi connectivity index (χ1) is 9.83. The Kier molecular flexibility index (Phi) is 4.72. The van der Waals surface area contributed by atoms with Gasteiger partial charge in [0.1, 0.15) is 11.4 Å². The van der Waals surface area contributed by atoms with Crippen LogP contribution in [0.25, 0.3) is 0 Å². The lowest BCUT2D eigenvalue weighted by Gasteiger charge is -2.34. The Morgan fingerprint density at radius 3 is 2.76 bits per heavy atom. The van der Waals surface area contributed by atoms with Gasteiger partial charge in [0, 0.05) is 13.0 Å². The van der Waals surface area contributed by atoms with Crippen molar-refractivity contribution in [1.29, 1.82) is 0 Å². The third kappa shape index (κ3) is 4.93. The van der Waals surface area contributed by atoms with E-state index in [-0.39, 0.29) is 12.2 Å². The molecule has 2 rings (SSSR count). The van der Waals surface area contributed by atoms with Crippen molar-refractivity contribution in [2.24, 2.45) is 0 Å². The van der Waals surface area contributed by atoms with Crippen molar-refractivity contribution in [3.63, 3.8) is 0 Å². The summed E-state index contributed by atoms with van der Waals surface area (Å²) in [6.45, 7) is 6.83. The summed E-state index contributed by atoms with van der Waals surface area (Å²) in [4.78, 5) is 21.4. The van der Waals surface area contributed by atoms with Crippen molar-refractivity contribution in [2.45, 2.75) is 38.9 Å². The predicted octanol–water partition coefficient (Wildman–Crippen LogP) is 1.79. The Hall–Kier alpha value is -1.76. The number of carbonyl (C=O) groups excluding carboxylic acids is 1. The van der Waals surface area contributed by atoms with Gasteiger partial charge in [0.05, 0.1) is 31.6 Å². The van der Waals surface area contributed by atoms with E-state index in [1.807, 2.05) is 20.8 Å². The van der Waals surface area contributed by atoms with E-state index < -0.39 is 11.4 Å². The van der Waals surface area contributed by atoms with Gasteiger partial charge in [0.25, 0.3) is 0 Å². The van der Waals surface area contributed by atoms with Gasteiger partial charge in [0.2, 0.25) is 0 Å². The summed E-state index contributed by atoms with van der Waals surface area (Å²) >= 11 is 0. The molecule has 116 valence electrons. The van der Waals surface area contributed by atoms with Crippen LogP contribution in [0.1, 0.15) is 26.6 Å². The number of morpholine rings is 1. The molecule has 7 heteroatoms. The van der Waals surface area contributed by atoms with E-state index in [0.717, 1.165) is 12.4 Å². The number of halogens is 1. The monoisotopic (exact) mass is 297 g/mol. The van der Waals surface area contributed by atoms with E-state index in [4.69, 9.17) is 9.47 Å². The van der Waals surface area contributed by atoms with Crippen LogP contribution in [0.4, 0.5) is 9.18 Å². The molecule has 1 aromatic heterocycles. The topological polar surface area (TPSA) is 64.5 Å². The maximum absolute atomic E-state index is 12.8. The number of nitrogens with zero attached hydrogens (tertiary/aromatic N) is 3. The number of hydrogen-bond donors (Lipinski definition) is 0. The van der Waals surface area contributed by atoms with E-state index in [0.29, 0.717) is 31.9 Å². The van der Waals surface area contributed by atoms with Crippen LogP contribution >= 0.6 is 0 Å². The fraction of sp³-hybridized carbons (Fsp3) is 0.643. The molecule has 0 unspecified atom stereocenters. The molecule has 21 heavy (non-hydrogen) atoms. The molecule has 1 saturated heterocycles. The maximum atomic E-state index is 12.8. The molecule has 0 N–H and O–H groups in total. The van der Waals surface area contributed by atoms with Gasteiger partial charge in [0.15, 0.2) is 5.82 Å². The fourth-order valence-corrected chi connectivity index (χ4v) is 1.98. The van der Waals surface area contributed by atoms with E-state index in [9.17, 15) is 9.18 Å². The summed E-state index contributed by atoms with van der Waals surface area (Å²) in [5.41, 5.74) is -0.523. The zero-order chi connectivity index (χ0) is 15.5. The molecule has 0 aliphatic carbocycles. The Morgan fingerprint density at radius 2 is 2.14 bits per heavy atom. The number of hydrogen-bond acceptors (Lipinski definition) is 5. The average molecular weight is 297 g/mol. The third-order valence-corrected chi connectivity index (χ3v) is 2.87. The van der Waals surface area contributed by atoms with Crippen LogP contribution in [-0.4, -0.2) is 52.4 Å². The molecule has 0 radical (unpaired) electrons. The highest BCUT2D eigenvalue weighted by Gasteiger charge is 2.28. The quantitative estimate of drug-likeness (QED) is 0.832. The molecular formula is C14H20FN3O3. The number of amides is 1. The number of aromatic nitrogens is 2. The molecule has 1 atom stereocenters. The molecular weight excluding hydrogens is 277 g/mol. The third-order valence-electron chi connectivity index (χ3n) is 2.87. The van der Waals surface area contributed by atoms with Crippen LogP contribution in [0.5, 0.6) is 0 Å². The molecule has 2 heterocycles. The highest BCUT2D eigenvalue weighted by molar-refractivity contribution is 5.68. The van der Waals surface area contributed by atoms with Crippen LogP contribution in [-0.2, 0) is 15.9 Å². The van der Waals surface area contributed by atoms with Gasteiger partial charge < -0.3 is 14.4 Å². The minimum Gasteiger partial charge on any atom is -0.444 e. The number of rotatable bonds is 2. The Bertz CT molecular complexity index is 487. The summed E-state index contributed by atoms with van der Waals surface area (Å²) in [7, 11) is 0. The van der Waals surface area contributed by atoms with Gasteiger partial charge >= 0.3 is 6.09 Å². The van der Waals surface area contributed by atoms with Gasteiger partial charge in [-0.1, -0.05) is 0 Å². The van der Waals surface area contributed by atoms with Crippen molar-refractivity contribution in [1.82, 2.24) is 14.9 Å². The predicted molar refractivity (Wildman–Crippen MR) is 73.2 cm³/mol. The first-order valence-electron chi connectivity index (χ1n) is 6.89. The normalized spacial score (nSPS) is 19.4. The molecule has 6 nitrogen and oxygen atoms in total. The lowest BCUT2D eigenvalue weighted by atomic mass is 10.2. The highest BCUT2D eigenvalue weighted by atomic mass is 19.1. The lowest BCUT2D eigenvalue weighted by Crippen LogP contribution is -2.48. The second kappa shape index (κ2) is 6.34. The number of carbonyl (C=O) groups is 1. The molecule has 1 amide bonds. The summed E-state index contributed by atoms with van der Waals surface area (Å²) in [6.07, 6.45) is 2.11. The molecule has 1 fully saturated rings. The summed E-state index contributed by atoms with van der Waals surface area (Å²) < 4.78 is 23.7. The maximum Gasteiger partial charge on any atom is 0.410 e. The molecule has 0 aromatic carbocycles. The summed E-state index contributed by atoms with van der Waals surface area (Å²) in [6, 6.07) is 0. The smallest absolute Gasteiger partial charge is 0.410 e. The molecule has 1 aliphatic rings. The van der Waals surface area contributed by atoms with E-state index in [2.05, 4.69) is 9.97 Å². The Balaban J connectivity index is 1.91. The molecule has 0 saturated carbocycles. The van der Waals surface area contributed by atoms with Gasteiger partial charge in [-0.05, 0) is 20.8 Å². The minimum atomic E-state index is -0.523.